The second kappa shape index (κ2) is 5.18. The van der Waals surface area contributed by atoms with Crippen LogP contribution in [0.25, 0.3) is 0 Å². The molecule has 4 heteroatoms. The van der Waals surface area contributed by atoms with Gasteiger partial charge in [0.25, 0.3) is 0 Å². The molecule has 0 saturated heterocycles. The average Bonchev–Trinajstić information content (AvgIpc) is 2.61. The number of carbonyl (C=O) groups is 2. The van der Waals surface area contributed by atoms with Crippen LogP contribution in [-0.4, -0.2) is 27.7 Å². The zero-order valence-corrected chi connectivity index (χ0v) is 15.8. The van der Waals surface area contributed by atoms with Crippen molar-refractivity contribution in [3.8, 4) is 0 Å². The highest BCUT2D eigenvalue weighted by Gasteiger charge is 2.49. The fraction of sp³-hybridized carbons (Fsp3) is 0.412. The van der Waals surface area contributed by atoms with Gasteiger partial charge in [-0.3, -0.25) is 9.59 Å². The van der Waals surface area contributed by atoms with Crippen LogP contribution in [0.15, 0.2) is 40.7 Å². The van der Waals surface area contributed by atoms with Gasteiger partial charge in [-0.2, -0.15) is 0 Å². The normalized spacial score (nSPS) is 17.8. The van der Waals surface area contributed by atoms with Gasteiger partial charge in [-0.25, -0.2) is 0 Å². The molecular weight excluding hydrogens is 292 g/mol. The van der Waals surface area contributed by atoms with Crippen molar-refractivity contribution in [2.24, 2.45) is 0 Å². The second-order valence-corrected chi connectivity index (χ2v) is 17.8. The van der Waals surface area contributed by atoms with E-state index in [0.717, 1.165) is 16.0 Å². The minimum Gasteiger partial charge on any atom is -0.294 e. The summed E-state index contributed by atoms with van der Waals surface area (Å²) in [6.45, 7) is 13.0. The molecule has 0 fully saturated rings. The first-order chi connectivity index (χ1) is 9.55. The minimum absolute atomic E-state index is 0.0720. The van der Waals surface area contributed by atoms with Gasteiger partial charge in [0.1, 0.15) is 5.92 Å². The standard InChI is InChI=1S/C17H24O2Si2/c1-20(2,3)16-14(18)13(12-10-8-7-9-11-12)15(19)17(16)21(4,5)6/h7-11,13H,1-6H3. The van der Waals surface area contributed by atoms with E-state index in [-0.39, 0.29) is 11.6 Å². The van der Waals surface area contributed by atoms with E-state index in [1.54, 1.807) is 0 Å². The topological polar surface area (TPSA) is 34.1 Å². The molecule has 2 rings (SSSR count). The van der Waals surface area contributed by atoms with Gasteiger partial charge < -0.3 is 0 Å². The van der Waals surface area contributed by atoms with Gasteiger partial charge in [0.15, 0.2) is 11.6 Å². The molecule has 0 radical (unpaired) electrons. The molecule has 0 bridgehead atoms. The first-order valence-electron chi connectivity index (χ1n) is 7.43. The Morgan fingerprint density at radius 1 is 0.714 bits per heavy atom. The Bertz CT molecular complexity index is 580. The van der Waals surface area contributed by atoms with Crippen molar-refractivity contribution in [1.82, 2.24) is 0 Å². The Hall–Kier alpha value is -1.27. The van der Waals surface area contributed by atoms with Crippen molar-refractivity contribution in [2.45, 2.75) is 45.2 Å². The van der Waals surface area contributed by atoms with Crippen LogP contribution in [0.2, 0.25) is 39.3 Å². The molecule has 1 aliphatic rings. The van der Waals surface area contributed by atoms with Crippen molar-refractivity contribution < 1.29 is 9.59 Å². The Kier molecular flexibility index (Phi) is 3.97. The molecule has 0 aromatic heterocycles. The molecule has 0 amide bonds. The number of Topliss-reactive ketones (excluding diaryl/α,β-unsaturated/α-hetero) is 2. The number of benzene rings is 1. The smallest absolute Gasteiger partial charge is 0.170 e. The predicted molar refractivity (Wildman–Crippen MR) is 92.9 cm³/mol. The van der Waals surface area contributed by atoms with Crippen LogP contribution < -0.4 is 0 Å². The third-order valence-corrected chi connectivity index (χ3v) is 8.14. The number of ketones is 2. The van der Waals surface area contributed by atoms with E-state index in [1.807, 2.05) is 30.3 Å². The third kappa shape index (κ3) is 2.87. The van der Waals surface area contributed by atoms with Crippen LogP contribution in [0.3, 0.4) is 0 Å². The molecule has 2 nitrogen and oxygen atoms in total. The Balaban J connectivity index is 2.62. The highest BCUT2D eigenvalue weighted by atomic mass is 28.3. The summed E-state index contributed by atoms with van der Waals surface area (Å²) < 4.78 is 0. The Morgan fingerprint density at radius 3 is 1.43 bits per heavy atom. The monoisotopic (exact) mass is 316 g/mol. The van der Waals surface area contributed by atoms with Crippen LogP contribution in [-0.2, 0) is 9.59 Å². The highest BCUT2D eigenvalue weighted by Crippen LogP contribution is 2.40. The number of rotatable bonds is 3. The molecule has 0 saturated carbocycles. The summed E-state index contributed by atoms with van der Waals surface area (Å²) in [5.41, 5.74) is 0.844. The Morgan fingerprint density at radius 2 is 1.10 bits per heavy atom. The lowest BCUT2D eigenvalue weighted by atomic mass is 9.95. The third-order valence-electron chi connectivity index (χ3n) is 3.90. The molecule has 0 atom stereocenters. The van der Waals surface area contributed by atoms with E-state index in [1.165, 1.54) is 0 Å². The fourth-order valence-corrected chi connectivity index (χ4v) is 8.86. The summed E-state index contributed by atoms with van der Waals surface area (Å²) in [7, 11) is -3.67. The quantitative estimate of drug-likeness (QED) is 0.624. The Labute approximate surface area is 129 Å². The number of hydrogen-bond acceptors (Lipinski definition) is 2. The largest absolute Gasteiger partial charge is 0.294 e. The number of carbonyl (C=O) groups excluding carboxylic acids is 2. The molecule has 1 aliphatic carbocycles. The van der Waals surface area contributed by atoms with E-state index in [9.17, 15) is 9.59 Å². The van der Waals surface area contributed by atoms with E-state index in [4.69, 9.17) is 0 Å². The molecule has 0 unspecified atom stereocenters. The van der Waals surface area contributed by atoms with Gasteiger partial charge in [-0.15, -0.1) is 0 Å². The van der Waals surface area contributed by atoms with Gasteiger partial charge in [0.2, 0.25) is 0 Å². The zero-order chi connectivity index (χ0) is 16.0. The van der Waals surface area contributed by atoms with Crippen LogP contribution >= 0.6 is 0 Å². The maximum atomic E-state index is 13.0. The van der Waals surface area contributed by atoms with E-state index < -0.39 is 22.1 Å². The maximum Gasteiger partial charge on any atom is 0.170 e. The lowest BCUT2D eigenvalue weighted by Gasteiger charge is -2.24. The van der Waals surface area contributed by atoms with E-state index >= 15 is 0 Å². The fourth-order valence-electron chi connectivity index (χ4n) is 3.09. The van der Waals surface area contributed by atoms with Gasteiger partial charge in [0.05, 0.1) is 16.1 Å². The van der Waals surface area contributed by atoms with Crippen LogP contribution in [0.1, 0.15) is 11.5 Å². The highest BCUT2D eigenvalue weighted by molar-refractivity contribution is 6.96. The molecule has 0 aliphatic heterocycles. The zero-order valence-electron chi connectivity index (χ0n) is 13.8. The van der Waals surface area contributed by atoms with Crippen molar-refractivity contribution in [1.29, 1.82) is 0 Å². The second-order valence-electron chi connectivity index (χ2n) is 7.82. The first kappa shape index (κ1) is 16.1. The van der Waals surface area contributed by atoms with Gasteiger partial charge in [0, 0.05) is 0 Å². The lowest BCUT2D eigenvalue weighted by molar-refractivity contribution is -0.122. The molecule has 0 N–H and O–H groups in total. The summed E-state index contributed by atoms with van der Waals surface area (Å²) in [6, 6.07) is 9.51. The summed E-state index contributed by atoms with van der Waals surface area (Å²) >= 11 is 0. The van der Waals surface area contributed by atoms with Crippen molar-refractivity contribution in [3.63, 3.8) is 0 Å². The van der Waals surface area contributed by atoms with Crippen molar-refractivity contribution >= 4 is 27.7 Å². The van der Waals surface area contributed by atoms with Crippen LogP contribution in [0.4, 0.5) is 0 Å². The predicted octanol–water partition coefficient (Wildman–Crippen LogP) is 3.97. The van der Waals surface area contributed by atoms with Crippen LogP contribution in [0, 0.1) is 0 Å². The SMILES string of the molecule is C[Si](C)(C)C1=C([Si](C)(C)C)C(=O)C(c2ccccc2)C1=O. The summed E-state index contributed by atoms with van der Waals surface area (Å²) in [4.78, 5) is 26.0. The van der Waals surface area contributed by atoms with Crippen LogP contribution in [0.5, 0.6) is 0 Å². The maximum absolute atomic E-state index is 13.0. The first-order valence-corrected chi connectivity index (χ1v) is 14.4. The minimum atomic E-state index is -1.83. The molecule has 0 heterocycles. The summed E-state index contributed by atoms with van der Waals surface area (Å²) in [5, 5.41) is 1.81. The van der Waals surface area contributed by atoms with Gasteiger partial charge in [-0.1, -0.05) is 69.6 Å². The van der Waals surface area contributed by atoms with Crippen molar-refractivity contribution in [3.05, 3.63) is 46.3 Å². The summed E-state index contributed by atoms with van der Waals surface area (Å²) in [6.07, 6.45) is 0. The molecule has 21 heavy (non-hydrogen) atoms. The number of allylic oxidation sites excluding steroid dienone is 2. The van der Waals surface area contributed by atoms with Gasteiger partial charge in [-0.05, 0) is 16.0 Å². The molecule has 112 valence electrons. The average molecular weight is 317 g/mol. The lowest BCUT2D eigenvalue weighted by Crippen LogP contribution is -2.35. The van der Waals surface area contributed by atoms with E-state index in [0.29, 0.717) is 0 Å². The van der Waals surface area contributed by atoms with Gasteiger partial charge >= 0.3 is 0 Å². The summed E-state index contributed by atoms with van der Waals surface area (Å²) in [5.74, 6) is -0.444. The number of hydrogen-bond donors (Lipinski definition) is 0. The molecule has 0 spiro atoms. The van der Waals surface area contributed by atoms with Crippen molar-refractivity contribution in [2.75, 3.05) is 0 Å². The molecule has 1 aromatic carbocycles. The van der Waals surface area contributed by atoms with E-state index in [2.05, 4.69) is 39.3 Å². The molecular formula is C17H24O2Si2. The molecule has 1 aromatic rings.